The zero-order chi connectivity index (χ0) is 15.3. The number of aliphatic carboxylic acids is 1. The average Bonchev–Trinajstić information content (AvgIpc) is 2.38. The summed E-state index contributed by atoms with van der Waals surface area (Å²) >= 11 is 1.45. The molecular weight excluding hydrogens is 282 g/mol. The lowest BCUT2D eigenvalue weighted by Gasteiger charge is -2.24. The summed E-state index contributed by atoms with van der Waals surface area (Å²) in [7, 11) is 0. The minimum absolute atomic E-state index is 0.0845. The fourth-order valence-electron chi connectivity index (χ4n) is 1.44. The molecule has 1 aromatic rings. The first-order valence-corrected chi connectivity index (χ1v) is 7.37. The van der Waals surface area contributed by atoms with Gasteiger partial charge in [-0.15, -0.1) is 0 Å². The van der Waals surface area contributed by atoms with E-state index in [1.807, 2.05) is 6.26 Å². The Balaban J connectivity index is 3.03. The molecule has 0 spiro atoms. The zero-order valence-corrected chi connectivity index (χ0v) is 12.3. The molecule has 0 aromatic carbocycles. The predicted octanol–water partition coefficient (Wildman–Crippen LogP) is 0.616. The third-order valence-electron chi connectivity index (χ3n) is 2.87. The van der Waals surface area contributed by atoms with Gasteiger partial charge in [0.05, 0.1) is 5.75 Å². The number of aromatic nitrogens is 2. The van der Waals surface area contributed by atoms with E-state index < -0.39 is 23.0 Å². The van der Waals surface area contributed by atoms with Gasteiger partial charge < -0.3 is 15.4 Å². The predicted molar refractivity (Wildman–Crippen MR) is 75.9 cm³/mol. The highest BCUT2D eigenvalue weighted by molar-refractivity contribution is 7.97. The quantitative estimate of drug-likeness (QED) is 0.709. The fourth-order valence-corrected chi connectivity index (χ4v) is 1.85. The van der Waals surface area contributed by atoms with Gasteiger partial charge in [-0.1, -0.05) is 6.92 Å². The van der Waals surface area contributed by atoms with Gasteiger partial charge in [0.25, 0.3) is 11.5 Å². The SMILES string of the molecule is CCC(C)(NC(=O)c1cc(=O)[nH]c(CSC)n1)C(=O)O. The normalized spacial score (nSPS) is 13.6. The van der Waals surface area contributed by atoms with Gasteiger partial charge in [-0.25, -0.2) is 9.78 Å². The number of aromatic amines is 1. The van der Waals surface area contributed by atoms with Crippen LogP contribution in [0, 0.1) is 0 Å². The molecule has 1 unspecified atom stereocenters. The summed E-state index contributed by atoms with van der Waals surface area (Å²) in [6, 6.07) is 1.05. The summed E-state index contributed by atoms with van der Waals surface area (Å²) < 4.78 is 0. The van der Waals surface area contributed by atoms with E-state index in [9.17, 15) is 14.4 Å². The second kappa shape index (κ2) is 6.56. The number of carbonyl (C=O) groups is 2. The van der Waals surface area contributed by atoms with Gasteiger partial charge >= 0.3 is 5.97 Å². The van der Waals surface area contributed by atoms with E-state index in [4.69, 9.17) is 5.11 Å². The number of amides is 1. The van der Waals surface area contributed by atoms with Crippen LogP contribution in [-0.2, 0) is 10.5 Å². The molecule has 0 aliphatic heterocycles. The summed E-state index contributed by atoms with van der Waals surface area (Å²) in [5.74, 6) is -0.975. The molecule has 0 aliphatic carbocycles. The van der Waals surface area contributed by atoms with Crippen LogP contribution in [0.2, 0.25) is 0 Å². The number of carbonyl (C=O) groups excluding carboxylic acids is 1. The summed E-state index contributed by atoms with van der Waals surface area (Å²) in [6.07, 6.45) is 2.06. The minimum Gasteiger partial charge on any atom is -0.480 e. The van der Waals surface area contributed by atoms with Crippen molar-refractivity contribution in [1.82, 2.24) is 15.3 Å². The van der Waals surface area contributed by atoms with E-state index in [1.165, 1.54) is 18.7 Å². The molecule has 0 fully saturated rings. The highest BCUT2D eigenvalue weighted by atomic mass is 32.2. The topological polar surface area (TPSA) is 112 Å². The van der Waals surface area contributed by atoms with Crippen molar-refractivity contribution in [2.24, 2.45) is 0 Å². The maximum atomic E-state index is 12.0. The average molecular weight is 299 g/mol. The largest absolute Gasteiger partial charge is 0.480 e. The Morgan fingerprint density at radius 2 is 2.20 bits per heavy atom. The Morgan fingerprint density at radius 1 is 1.55 bits per heavy atom. The zero-order valence-electron chi connectivity index (χ0n) is 11.5. The van der Waals surface area contributed by atoms with Gasteiger partial charge in [-0.2, -0.15) is 11.8 Å². The Hall–Kier alpha value is -1.83. The van der Waals surface area contributed by atoms with E-state index in [-0.39, 0.29) is 12.1 Å². The van der Waals surface area contributed by atoms with Crippen molar-refractivity contribution in [1.29, 1.82) is 0 Å². The first kappa shape index (κ1) is 16.2. The standard InChI is InChI=1S/C12H17N3O4S/c1-4-12(2,11(18)19)15-10(17)7-5-9(16)14-8(13-7)6-20-3/h5H,4,6H2,1-3H3,(H,15,17)(H,18,19)(H,13,14,16). The lowest BCUT2D eigenvalue weighted by Crippen LogP contribution is -2.52. The maximum absolute atomic E-state index is 12.0. The number of H-pyrrole nitrogens is 1. The summed E-state index contributed by atoms with van der Waals surface area (Å²) in [5.41, 5.74) is -1.91. The van der Waals surface area contributed by atoms with Gasteiger partial charge in [0.1, 0.15) is 17.1 Å². The van der Waals surface area contributed by atoms with Crippen LogP contribution in [0.1, 0.15) is 36.6 Å². The van der Waals surface area contributed by atoms with Crippen molar-refractivity contribution in [3.63, 3.8) is 0 Å². The number of thioether (sulfide) groups is 1. The number of hydrogen-bond donors (Lipinski definition) is 3. The molecule has 0 bridgehead atoms. The number of carboxylic acids is 1. The molecule has 0 saturated heterocycles. The van der Waals surface area contributed by atoms with Crippen molar-refractivity contribution < 1.29 is 14.7 Å². The third kappa shape index (κ3) is 3.83. The van der Waals surface area contributed by atoms with Crippen LogP contribution in [0.5, 0.6) is 0 Å². The van der Waals surface area contributed by atoms with Gasteiger partial charge in [-0.3, -0.25) is 9.59 Å². The number of hydrogen-bond acceptors (Lipinski definition) is 5. The number of nitrogens with zero attached hydrogens (tertiary/aromatic N) is 1. The molecule has 1 aromatic heterocycles. The van der Waals surface area contributed by atoms with Gasteiger partial charge in [0.15, 0.2) is 0 Å². The second-order valence-corrected chi connectivity index (χ2v) is 5.32. The molecule has 1 heterocycles. The maximum Gasteiger partial charge on any atom is 0.329 e. The number of nitrogens with one attached hydrogen (secondary N) is 2. The monoisotopic (exact) mass is 299 g/mol. The summed E-state index contributed by atoms with van der Waals surface area (Å²) in [5, 5.41) is 11.5. The van der Waals surface area contributed by atoms with E-state index in [2.05, 4.69) is 15.3 Å². The van der Waals surface area contributed by atoms with Crippen molar-refractivity contribution in [3.05, 3.63) is 27.9 Å². The Morgan fingerprint density at radius 3 is 2.70 bits per heavy atom. The Bertz CT molecular complexity index is 572. The minimum atomic E-state index is -1.39. The molecule has 1 amide bonds. The van der Waals surface area contributed by atoms with Crippen LogP contribution < -0.4 is 10.9 Å². The first-order valence-electron chi connectivity index (χ1n) is 5.97. The molecule has 3 N–H and O–H groups in total. The summed E-state index contributed by atoms with van der Waals surface area (Å²) in [4.78, 5) is 41.2. The van der Waals surface area contributed by atoms with Crippen LogP contribution in [0.3, 0.4) is 0 Å². The van der Waals surface area contributed by atoms with Gasteiger partial charge in [0.2, 0.25) is 0 Å². The van der Waals surface area contributed by atoms with Crippen LogP contribution in [0.4, 0.5) is 0 Å². The third-order valence-corrected chi connectivity index (χ3v) is 3.44. The van der Waals surface area contributed by atoms with E-state index in [1.54, 1.807) is 6.92 Å². The van der Waals surface area contributed by atoms with Crippen molar-refractivity contribution >= 4 is 23.6 Å². The molecule has 20 heavy (non-hydrogen) atoms. The van der Waals surface area contributed by atoms with Crippen LogP contribution in [0.15, 0.2) is 10.9 Å². The van der Waals surface area contributed by atoms with Crippen molar-refractivity contribution in [3.8, 4) is 0 Å². The highest BCUT2D eigenvalue weighted by Crippen LogP contribution is 2.10. The number of carboxylic acid groups (broad SMARTS) is 1. The van der Waals surface area contributed by atoms with Crippen molar-refractivity contribution in [2.75, 3.05) is 6.26 Å². The lowest BCUT2D eigenvalue weighted by molar-refractivity contribution is -0.143. The van der Waals surface area contributed by atoms with E-state index >= 15 is 0 Å². The molecule has 1 rings (SSSR count). The molecule has 0 radical (unpaired) electrons. The second-order valence-electron chi connectivity index (χ2n) is 4.46. The first-order chi connectivity index (χ1) is 9.32. The van der Waals surface area contributed by atoms with Gasteiger partial charge in [-0.05, 0) is 19.6 Å². The molecule has 110 valence electrons. The van der Waals surface area contributed by atoms with Crippen molar-refractivity contribution in [2.45, 2.75) is 31.6 Å². The lowest BCUT2D eigenvalue weighted by atomic mass is 9.99. The molecule has 7 nitrogen and oxygen atoms in total. The molecular formula is C12H17N3O4S. The Labute approximate surface area is 120 Å². The van der Waals surface area contributed by atoms with Crippen LogP contribution in [-0.4, -0.2) is 38.7 Å². The highest BCUT2D eigenvalue weighted by Gasteiger charge is 2.33. The van der Waals surface area contributed by atoms with Crippen LogP contribution >= 0.6 is 11.8 Å². The molecule has 1 atom stereocenters. The number of rotatable bonds is 6. The fraction of sp³-hybridized carbons (Fsp3) is 0.500. The molecule has 0 saturated carbocycles. The van der Waals surface area contributed by atoms with E-state index in [0.717, 1.165) is 6.07 Å². The molecule has 0 aliphatic rings. The Kier molecular flexibility index (Phi) is 5.32. The summed E-state index contributed by atoms with van der Waals surface area (Å²) in [6.45, 7) is 3.06. The van der Waals surface area contributed by atoms with E-state index in [0.29, 0.717) is 11.6 Å². The van der Waals surface area contributed by atoms with Gasteiger partial charge in [0, 0.05) is 6.07 Å². The molecule has 8 heteroatoms. The smallest absolute Gasteiger partial charge is 0.329 e. The van der Waals surface area contributed by atoms with Crippen LogP contribution in [0.25, 0.3) is 0 Å².